The largest absolute Gasteiger partial charge is 0.508 e. The molecule has 2 aliphatic heterocycles. The van der Waals surface area contributed by atoms with Gasteiger partial charge in [-0.25, -0.2) is 4.79 Å². The number of nitrogens with zero attached hydrogens (tertiary/aromatic N) is 1. The number of ketones is 1. The highest BCUT2D eigenvalue weighted by Gasteiger charge is 2.28. The van der Waals surface area contributed by atoms with Crippen LogP contribution >= 0.6 is 0 Å². The maximum atomic E-state index is 12.5. The van der Waals surface area contributed by atoms with Crippen molar-refractivity contribution in [1.82, 2.24) is 10.2 Å². The lowest BCUT2D eigenvalue weighted by Crippen LogP contribution is -2.46. The quantitative estimate of drug-likeness (QED) is 0.827. The molecule has 3 rings (SSSR count). The van der Waals surface area contributed by atoms with Crippen molar-refractivity contribution in [3.63, 3.8) is 0 Å². The number of carbonyl (C=O) groups is 2. The number of nitrogens with one attached hydrogen (secondary N) is 1. The number of ether oxygens (including phenoxy) is 1. The second-order valence-corrected chi connectivity index (χ2v) is 6.59. The molecular formula is C18H24N2O4. The number of amides is 2. The van der Waals surface area contributed by atoms with Crippen molar-refractivity contribution >= 4 is 11.8 Å². The number of phenolic OH excluding ortho intramolecular Hbond substituents is 1. The van der Waals surface area contributed by atoms with Gasteiger partial charge in [-0.3, -0.25) is 4.79 Å². The molecule has 2 saturated heterocycles. The van der Waals surface area contributed by atoms with Crippen LogP contribution in [0.3, 0.4) is 0 Å². The number of Topliss-reactive ketones (excluding diaryl/α,β-unsaturated/α-hetero) is 1. The lowest BCUT2D eigenvalue weighted by Gasteiger charge is -2.31. The molecule has 2 amide bonds. The van der Waals surface area contributed by atoms with Crippen LogP contribution in [0.5, 0.6) is 5.75 Å². The van der Waals surface area contributed by atoms with Gasteiger partial charge in [0, 0.05) is 43.6 Å². The van der Waals surface area contributed by atoms with E-state index in [0.717, 1.165) is 19.6 Å². The lowest BCUT2D eigenvalue weighted by atomic mass is 9.89. The topological polar surface area (TPSA) is 78.9 Å². The Labute approximate surface area is 141 Å². The van der Waals surface area contributed by atoms with E-state index in [4.69, 9.17) is 4.74 Å². The first-order chi connectivity index (χ1) is 11.6. The first kappa shape index (κ1) is 16.8. The Balaban J connectivity index is 1.45. The number of carbonyl (C=O) groups excluding carboxylic acids is 2. The Morgan fingerprint density at radius 3 is 2.50 bits per heavy atom. The molecule has 0 radical (unpaired) electrons. The fraction of sp³-hybridized carbons (Fsp3) is 0.556. The van der Waals surface area contributed by atoms with E-state index in [2.05, 4.69) is 5.32 Å². The number of rotatable bonds is 4. The molecule has 130 valence electrons. The molecule has 1 atom stereocenters. The van der Waals surface area contributed by atoms with Crippen molar-refractivity contribution in [3.8, 4) is 5.75 Å². The van der Waals surface area contributed by atoms with Crippen LogP contribution in [0.15, 0.2) is 24.3 Å². The standard InChI is InChI=1S/C18H24N2O4/c21-16-3-1-14(2-4-16)17(22)15-5-8-20(9-6-15)18(23)19-11-13-7-10-24-12-13/h1-4,13,15,21H,5-12H2,(H,19,23). The van der Waals surface area contributed by atoms with Crippen LogP contribution in [0.4, 0.5) is 4.79 Å². The molecule has 1 unspecified atom stereocenters. The molecule has 2 aliphatic rings. The summed E-state index contributed by atoms with van der Waals surface area (Å²) < 4.78 is 5.31. The van der Waals surface area contributed by atoms with Gasteiger partial charge >= 0.3 is 6.03 Å². The van der Waals surface area contributed by atoms with E-state index in [9.17, 15) is 14.7 Å². The normalized spacial score (nSPS) is 21.7. The van der Waals surface area contributed by atoms with E-state index in [1.165, 1.54) is 12.1 Å². The summed E-state index contributed by atoms with van der Waals surface area (Å²) in [5, 5.41) is 12.3. The first-order valence-corrected chi connectivity index (χ1v) is 8.57. The molecule has 2 fully saturated rings. The summed E-state index contributed by atoms with van der Waals surface area (Å²) in [6.07, 6.45) is 2.36. The van der Waals surface area contributed by atoms with Crippen LogP contribution in [0.1, 0.15) is 29.6 Å². The van der Waals surface area contributed by atoms with Crippen molar-refractivity contribution in [3.05, 3.63) is 29.8 Å². The molecule has 6 nitrogen and oxygen atoms in total. The van der Waals surface area contributed by atoms with Gasteiger partial charge in [0.1, 0.15) is 5.75 Å². The van der Waals surface area contributed by atoms with Crippen molar-refractivity contribution in [2.45, 2.75) is 19.3 Å². The third kappa shape index (κ3) is 4.06. The fourth-order valence-electron chi connectivity index (χ4n) is 3.29. The predicted molar refractivity (Wildman–Crippen MR) is 89.1 cm³/mol. The molecule has 1 aromatic rings. The molecule has 1 aromatic carbocycles. The summed E-state index contributed by atoms with van der Waals surface area (Å²) in [7, 11) is 0. The highest BCUT2D eigenvalue weighted by atomic mass is 16.5. The Morgan fingerprint density at radius 1 is 1.17 bits per heavy atom. The van der Waals surface area contributed by atoms with Crippen molar-refractivity contribution in [2.24, 2.45) is 11.8 Å². The summed E-state index contributed by atoms with van der Waals surface area (Å²) in [5.41, 5.74) is 0.622. The minimum Gasteiger partial charge on any atom is -0.508 e. The zero-order valence-electron chi connectivity index (χ0n) is 13.7. The Bertz CT molecular complexity index is 573. The highest BCUT2D eigenvalue weighted by molar-refractivity contribution is 5.98. The average Bonchev–Trinajstić information content (AvgIpc) is 3.13. The number of phenols is 1. The van der Waals surface area contributed by atoms with Gasteiger partial charge in [0.05, 0.1) is 6.61 Å². The smallest absolute Gasteiger partial charge is 0.317 e. The number of aromatic hydroxyl groups is 1. The van der Waals surface area contributed by atoms with Gasteiger partial charge in [0.15, 0.2) is 5.78 Å². The van der Waals surface area contributed by atoms with Gasteiger partial charge in [-0.1, -0.05) is 0 Å². The van der Waals surface area contributed by atoms with Gasteiger partial charge in [0.25, 0.3) is 0 Å². The SMILES string of the molecule is O=C(c1ccc(O)cc1)C1CCN(C(=O)NCC2CCOC2)CC1. The number of hydrogen-bond donors (Lipinski definition) is 2. The van der Waals surface area contributed by atoms with Crippen LogP contribution in [0.25, 0.3) is 0 Å². The van der Waals surface area contributed by atoms with E-state index in [0.29, 0.717) is 44.0 Å². The van der Waals surface area contributed by atoms with Gasteiger partial charge in [-0.05, 0) is 43.5 Å². The van der Waals surface area contributed by atoms with Crippen LogP contribution in [0.2, 0.25) is 0 Å². The lowest BCUT2D eigenvalue weighted by molar-refractivity contribution is 0.0854. The molecule has 0 saturated carbocycles. The van der Waals surface area contributed by atoms with Gasteiger partial charge in [-0.15, -0.1) is 0 Å². The second-order valence-electron chi connectivity index (χ2n) is 6.59. The van der Waals surface area contributed by atoms with Crippen LogP contribution in [-0.4, -0.2) is 54.7 Å². The van der Waals surface area contributed by atoms with Crippen LogP contribution in [0, 0.1) is 11.8 Å². The molecule has 0 aromatic heterocycles. The Morgan fingerprint density at radius 2 is 1.88 bits per heavy atom. The van der Waals surface area contributed by atoms with Gasteiger partial charge < -0.3 is 20.1 Å². The maximum Gasteiger partial charge on any atom is 0.317 e. The maximum absolute atomic E-state index is 12.5. The first-order valence-electron chi connectivity index (χ1n) is 8.57. The van der Waals surface area contributed by atoms with E-state index >= 15 is 0 Å². The van der Waals surface area contributed by atoms with Crippen LogP contribution in [-0.2, 0) is 4.74 Å². The molecule has 0 bridgehead atoms. The number of likely N-dealkylation sites (tertiary alicyclic amines) is 1. The zero-order chi connectivity index (χ0) is 16.9. The molecular weight excluding hydrogens is 308 g/mol. The minimum absolute atomic E-state index is 0.0440. The van der Waals surface area contributed by atoms with Gasteiger partial charge in [-0.2, -0.15) is 0 Å². The number of hydrogen-bond acceptors (Lipinski definition) is 4. The monoisotopic (exact) mass is 332 g/mol. The fourth-order valence-corrected chi connectivity index (χ4v) is 3.29. The van der Waals surface area contributed by atoms with Crippen LogP contribution < -0.4 is 5.32 Å². The van der Waals surface area contributed by atoms with E-state index in [-0.39, 0.29) is 23.5 Å². The Kier molecular flexibility index (Phi) is 5.35. The van der Waals surface area contributed by atoms with E-state index in [1.807, 2.05) is 0 Å². The minimum atomic E-state index is -0.0539. The third-order valence-electron chi connectivity index (χ3n) is 4.87. The van der Waals surface area contributed by atoms with E-state index in [1.54, 1.807) is 17.0 Å². The average molecular weight is 332 g/mol. The summed E-state index contributed by atoms with van der Waals surface area (Å²) in [6.45, 7) is 3.36. The molecule has 0 spiro atoms. The molecule has 2 N–H and O–H groups in total. The van der Waals surface area contributed by atoms with Crippen molar-refractivity contribution < 1.29 is 19.4 Å². The summed E-state index contributed by atoms with van der Waals surface area (Å²) in [5.74, 6) is 0.619. The van der Waals surface area contributed by atoms with Crippen molar-refractivity contribution in [1.29, 1.82) is 0 Å². The molecule has 2 heterocycles. The number of benzene rings is 1. The van der Waals surface area contributed by atoms with Crippen molar-refractivity contribution in [2.75, 3.05) is 32.8 Å². The predicted octanol–water partition coefficient (Wildman–Crippen LogP) is 2.03. The summed E-state index contributed by atoms with van der Waals surface area (Å²) in [4.78, 5) is 26.5. The summed E-state index contributed by atoms with van der Waals surface area (Å²) >= 11 is 0. The molecule has 0 aliphatic carbocycles. The number of urea groups is 1. The molecule has 24 heavy (non-hydrogen) atoms. The Hall–Kier alpha value is -2.08. The van der Waals surface area contributed by atoms with E-state index < -0.39 is 0 Å². The van der Waals surface area contributed by atoms with Gasteiger partial charge in [0.2, 0.25) is 0 Å². The summed E-state index contributed by atoms with van der Waals surface area (Å²) in [6, 6.07) is 6.32. The number of piperidine rings is 1. The molecule has 6 heteroatoms. The second kappa shape index (κ2) is 7.66. The zero-order valence-corrected chi connectivity index (χ0v) is 13.7. The highest BCUT2D eigenvalue weighted by Crippen LogP contribution is 2.23. The third-order valence-corrected chi connectivity index (χ3v) is 4.87.